The molecule has 0 aliphatic rings. The molecule has 0 atom stereocenters. The van der Waals surface area contributed by atoms with Crippen molar-refractivity contribution in [1.29, 1.82) is 0 Å². The minimum Gasteiger partial charge on any atom is -0.399 e. The Labute approximate surface area is 94.1 Å². The van der Waals surface area contributed by atoms with Gasteiger partial charge in [-0.3, -0.25) is 0 Å². The number of pyridine rings is 1. The molecule has 0 amide bonds. The Morgan fingerprint density at radius 1 is 0.875 bits per heavy atom. The summed E-state index contributed by atoms with van der Waals surface area (Å²) in [6.07, 6.45) is 3.86. The molecule has 80 valence electrons. The molecule has 0 fully saturated rings. The number of nitrogens with two attached hydrogens (primary N) is 1. The van der Waals surface area contributed by atoms with Crippen molar-refractivity contribution in [3.63, 3.8) is 0 Å². The van der Waals surface area contributed by atoms with Gasteiger partial charge in [-0.25, -0.2) is 4.57 Å². The van der Waals surface area contributed by atoms with Crippen LogP contribution in [0.5, 0.6) is 0 Å². The van der Waals surface area contributed by atoms with Gasteiger partial charge in [-0.05, 0) is 24.3 Å². The first-order valence-corrected chi connectivity index (χ1v) is 4.96. The van der Waals surface area contributed by atoms with Gasteiger partial charge in [-0.15, -0.1) is 0 Å². The molecular formula is C12H13N4+. The second kappa shape index (κ2) is 4.53. The number of rotatable bonds is 2. The molecule has 1 aromatic heterocycles. The van der Waals surface area contributed by atoms with Crippen LogP contribution < -0.4 is 10.3 Å². The SMILES string of the molecule is C[n+]1ccc(N=Nc2ccc(N)cc2)cc1. The zero-order valence-corrected chi connectivity index (χ0v) is 9.04. The van der Waals surface area contributed by atoms with Gasteiger partial charge in [0.25, 0.3) is 0 Å². The number of benzene rings is 1. The number of aryl methyl sites for hydroxylation is 1. The molecule has 2 rings (SSSR count). The van der Waals surface area contributed by atoms with Crippen LogP contribution in [0.4, 0.5) is 17.1 Å². The molecule has 2 N–H and O–H groups in total. The van der Waals surface area contributed by atoms with Crippen LogP contribution in [0, 0.1) is 0 Å². The zero-order chi connectivity index (χ0) is 11.4. The monoisotopic (exact) mass is 213 g/mol. The normalized spacial score (nSPS) is 10.8. The summed E-state index contributed by atoms with van der Waals surface area (Å²) in [7, 11) is 1.96. The maximum absolute atomic E-state index is 5.58. The fraction of sp³-hybridized carbons (Fsp3) is 0.0833. The highest BCUT2D eigenvalue weighted by atomic mass is 15.1. The summed E-state index contributed by atoms with van der Waals surface area (Å²) in [5.41, 5.74) is 7.93. The molecule has 16 heavy (non-hydrogen) atoms. The molecule has 0 saturated carbocycles. The highest BCUT2D eigenvalue weighted by Crippen LogP contribution is 2.17. The highest BCUT2D eigenvalue weighted by molar-refractivity contribution is 5.47. The van der Waals surface area contributed by atoms with Gasteiger partial charge in [0.15, 0.2) is 12.4 Å². The zero-order valence-electron chi connectivity index (χ0n) is 9.04. The Kier molecular flexibility index (Phi) is 2.91. The molecule has 1 heterocycles. The quantitative estimate of drug-likeness (QED) is 0.465. The molecule has 0 aliphatic heterocycles. The van der Waals surface area contributed by atoms with Gasteiger partial charge in [0.1, 0.15) is 7.05 Å². The summed E-state index contributed by atoms with van der Waals surface area (Å²) in [5, 5.41) is 8.23. The fourth-order valence-electron chi connectivity index (χ4n) is 1.22. The molecule has 0 aliphatic carbocycles. The summed E-state index contributed by atoms with van der Waals surface area (Å²) in [6, 6.07) is 11.1. The lowest BCUT2D eigenvalue weighted by Gasteiger charge is -1.93. The van der Waals surface area contributed by atoms with Gasteiger partial charge in [0, 0.05) is 17.8 Å². The summed E-state index contributed by atoms with van der Waals surface area (Å²) >= 11 is 0. The number of anilines is 1. The molecule has 4 heteroatoms. The van der Waals surface area contributed by atoms with Crippen molar-refractivity contribution in [2.24, 2.45) is 17.3 Å². The van der Waals surface area contributed by atoms with E-state index >= 15 is 0 Å². The Morgan fingerprint density at radius 3 is 1.94 bits per heavy atom. The molecule has 0 saturated heterocycles. The predicted octanol–water partition coefficient (Wildman–Crippen LogP) is 2.51. The first kappa shape index (κ1) is 10.3. The molecule has 1 aromatic carbocycles. The summed E-state index contributed by atoms with van der Waals surface area (Å²) < 4.78 is 1.95. The van der Waals surface area contributed by atoms with Crippen molar-refractivity contribution < 1.29 is 4.57 Å². The topological polar surface area (TPSA) is 54.6 Å². The minimum absolute atomic E-state index is 0.727. The van der Waals surface area contributed by atoms with Gasteiger partial charge >= 0.3 is 0 Å². The van der Waals surface area contributed by atoms with Gasteiger partial charge in [-0.1, -0.05) is 0 Å². The molecular weight excluding hydrogens is 200 g/mol. The first-order chi connectivity index (χ1) is 7.74. The van der Waals surface area contributed by atoms with Crippen molar-refractivity contribution in [1.82, 2.24) is 0 Å². The smallest absolute Gasteiger partial charge is 0.170 e. The van der Waals surface area contributed by atoms with Crippen LogP contribution in [0.1, 0.15) is 0 Å². The van der Waals surface area contributed by atoms with E-state index in [2.05, 4.69) is 10.2 Å². The minimum atomic E-state index is 0.727. The number of hydrogen-bond acceptors (Lipinski definition) is 3. The van der Waals surface area contributed by atoms with E-state index in [0.29, 0.717) is 0 Å². The predicted molar refractivity (Wildman–Crippen MR) is 62.6 cm³/mol. The second-order valence-corrected chi connectivity index (χ2v) is 3.51. The van der Waals surface area contributed by atoms with Crippen LogP contribution in [0.3, 0.4) is 0 Å². The van der Waals surface area contributed by atoms with Gasteiger partial charge in [-0.2, -0.15) is 10.2 Å². The van der Waals surface area contributed by atoms with E-state index in [-0.39, 0.29) is 0 Å². The lowest BCUT2D eigenvalue weighted by molar-refractivity contribution is -0.671. The third-order valence-electron chi connectivity index (χ3n) is 2.13. The van der Waals surface area contributed by atoms with E-state index in [4.69, 9.17) is 5.73 Å². The molecule has 0 spiro atoms. The maximum Gasteiger partial charge on any atom is 0.170 e. The van der Waals surface area contributed by atoms with Gasteiger partial charge in [0.2, 0.25) is 0 Å². The number of nitrogen functional groups attached to an aromatic ring is 1. The number of nitrogens with zero attached hydrogens (tertiary/aromatic N) is 3. The second-order valence-electron chi connectivity index (χ2n) is 3.51. The Balaban J connectivity index is 2.15. The van der Waals surface area contributed by atoms with Crippen molar-refractivity contribution >= 4 is 17.1 Å². The van der Waals surface area contributed by atoms with E-state index < -0.39 is 0 Å². The molecule has 0 bridgehead atoms. The Hall–Kier alpha value is -2.23. The summed E-state index contributed by atoms with van der Waals surface area (Å²) in [6.45, 7) is 0. The molecule has 0 radical (unpaired) electrons. The van der Waals surface area contributed by atoms with E-state index in [1.165, 1.54) is 0 Å². The van der Waals surface area contributed by atoms with Crippen molar-refractivity contribution in [2.45, 2.75) is 0 Å². The number of aromatic nitrogens is 1. The van der Waals surface area contributed by atoms with E-state index in [0.717, 1.165) is 17.1 Å². The summed E-state index contributed by atoms with van der Waals surface area (Å²) in [4.78, 5) is 0. The van der Waals surface area contributed by atoms with Crippen LogP contribution in [-0.2, 0) is 7.05 Å². The van der Waals surface area contributed by atoms with Crippen molar-refractivity contribution in [3.8, 4) is 0 Å². The molecule has 2 aromatic rings. The first-order valence-electron chi connectivity index (χ1n) is 4.96. The van der Waals surface area contributed by atoms with Gasteiger partial charge in [0.05, 0.1) is 11.4 Å². The highest BCUT2D eigenvalue weighted by Gasteiger charge is 1.93. The lowest BCUT2D eigenvalue weighted by Crippen LogP contribution is -2.25. The Bertz CT molecular complexity index is 438. The van der Waals surface area contributed by atoms with Crippen LogP contribution in [0.2, 0.25) is 0 Å². The molecule has 0 unspecified atom stereocenters. The van der Waals surface area contributed by atoms with E-state index in [9.17, 15) is 0 Å². The van der Waals surface area contributed by atoms with Gasteiger partial charge < -0.3 is 5.73 Å². The average molecular weight is 213 g/mol. The fourth-order valence-corrected chi connectivity index (χ4v) is 1.22. The van der Waals surface area contributed by atoms with Crippen molar-refractivity contribution in [2.75, 3.05) is 5.73 Å². The van der Waals surface area contributed by atoms with Crippen LogP contribution in [0.25, 0.3) is 0 Å². The third kappa shape index (κ3) is 2.63. The van der Waals surface area contributed by atoms with E-state index in [1.807, 2.05) is 48.3 Å². The lowest BCUT2D eigenvalue weighted by atomic mass is 10.3. The summed E-state index contributed by atoms with van der Waals surface area (Å²) in [5.74, 6) is 0. The standard InChI is InChI=1S/C12H12N4/c1-16-8-6-12(7-9-16)15-14-11-4-2-10(13)3-5-11/h2-9,13H,1H3/p+1. The third-order valence-corrected chi connectivity index (χ3v) is 2.13. The number of hydrogen-bond donors (Lipinski definition) is 1. The molecule has 4 nitrogen and oxygen atoms in total. The maximum atomic E-state index is 5.58. The van der Waals surface area contributed by atoms with Crippen molar-refractivity contribution in [3.05, 3.63) is 48.8 Å². The van der Waals surface area contributed by atoms with Crippen LogP contribution >= 0.6 is 0 Å². The Morgan fingerprint density at radius 2 is 1.38 bits per heavy atom. The van der Waals surface area contributed by atoms with Crippen LogP contribution in [0.15, 0.2) is 59.0 Å². The largest absolute Gasteiger partial charge is 0.399 e. The van der Waals surface area contributed by atoms with E-state index in [1.54, 1.807) is 12.1 Å². The number of azo groups is 1. The van der Waals surface area contributed by atoms with Crippen LogP contribution in [-0.4, -0.2) is 0 Å². The average Bonchev–Trinajstić information content (AvgIpc) is 2.30.